The second kappa shape index (κ2) is 4.56. The molecule has 6 nitrogen and oxygen atoms in total. The minimum Gasteiger partial charge on any atom is -0.496 e. The van der Waals surface area contributed by atoms with Gasteiger partial charge in [0.1, 0.15) is 11.1 Å². The molecule has 0 aliphatic carbocycles. The number of benzene rings is 1. The van der Waals surface area contributed by atoms with Crippen LogP contribution in [-0.4, -0.2) is 22.0 Å². The maximum absolute atomic E-state index is 5.79. The van der Waals surface area contributed by atoms with Crippen LogP contribution in [0.25, 0.3) is 11.0 Å². The number of rotatable bonds is 3. The predicted octanol–water partition coefficient (Wildman–Crippen LogP) is 2.53. The molecule has 2 N–H and O–H groups in total. The zero-order valence-electron chi connectivity index (χ0n) is 11.6. The van der Waals surface area contributed by atoms with Gasteiger partial charge in [-0.15, -0.1) is 0 Å². The van der Waals surface area contributed by atoms with Crippen molar-refractivity contribution in [2.45, 2.75) is 19.9 Å². The molecule has 3 aromatic rings. The number of aromatic nitrogens is 3. The average molecular weight is 272 g/mol. The lowest BCUT2D eigenvalue weighted by Gasteiger charge is -2.14. The molecular weight excluding hydrogens is 256 g/mol. The quantitative estimate of drug-likeness (QED) is 0.792. The molecule has 0 spiro atoms. The normalized spacial score (nSPS) is 12.8. The number of anilines is 1. The van der Waals surface area contributed by atoms with Crippen LogP contribution in [0, 0.1) is 6.92 Å². The van der Waals surface area contributed by atoms with Crippen LogP contribution in [-0.2, 0) is 0 Å². The van der Waals surface area contributed by atoms with E-state index in [2.05, 4.69) is 17.2 Å². The van der Waals surface area contributed by atoms with Crippen molar-refractivity contribution in [3.05, 3.63) is 35.7 Å². The maximum Gasteiger partial charge on any atom is 0.178 e. The number of fused-ring (bicyclic) bond motifs is 1. The fourth-order valence-electron chi connectivity index (χ4n) is 2.28. The van der Waals surface area contributed by atoms with Crippen molar-refractivity contribution in [2.24, 2.45) is 0 Å². The molecule has 0 saturated carbocycles. The summed E-state index contributed by atoms with van der Waals surface area (Å²) < 4.78 is 12.5. The standard InChI is InChI=1S/C14H16N4O2/c1-8-4-5-18(16-8)9(2)10-6-11(19-3)13-12(7-10)20-17-14(13)15/h4-7,9H,1-3H3,(H2,15,17). The fourth-order valence-corrected chi connectivity index (χ4v) is 2.28. The Kier molecular flexibility index (Phi) is 2.85. The van der Waals surface area contributed by atoms with Crippen molar-refractivity contribution in [2.75, 3.05) is 12.8 Å². The summed E-state index contributed by atoms with van der Waals surface area (Å²) in [4.78, 5) is 0. The molecule has 0 amide bonds. The Morgan fingerprint density at radius 1 is 1.40 bits per heavy atom. The lowest BCUT2D eigenvalue weighted by molar-refractivity contribution is 0.417. The molecule has 20 heavy (non-hydrogen) atoms. The van der Waals surface area contributed by atoms with Crippen LogP contribution in [0.3, 0.4) is 0 Å². The van der Waals surface area contributed by atoms with Crippen molar-refractivity contribution >= 4 is 16.8 Å². The Hall–Kier alpha value is -2.50. The molecule has 2 heterocycles. The molecule has 2 aromatic heterocycles. The molecule has 0 radical (unpaired) electrons. The minimum atomic E-state index is 0.0633. The summed E-state index contributed by atoms with van der Waals surface area (Å²) in [7, 11) is 1.60. The van der Waals surface area contributed by atoms with Gasteiger partial charge in [0.15, 0.2) is 11.4 Å². The minimum absolute atomic E-state index is 0.0633. The summed E-state index contributed by atoms with van der Waals surface area (Å²) in [5, 5.41) is 8.92. The van der Waals surface area contributed by atoms with E-state index in [-0.39, 0.29) is 6.04 Å². The summed E-state index contributed by atoms with van der Waals surface area (Å²) in [5.74, 6) is 0.998. The molecule has 1 atom stereocenters. The summed E-state index contributed by atoms with van der Waals surface area (Å²) in [6.45, 7) is 4.02. The van der Waals surface area contributed by atoms with E-state index < -0.39 is 0 Å². The van der Waals surface area contributed by atoms with Crippen LogP contribution in [0.2, 0.25) is 0 Å². The number of nitrogens with zero attached hydrogens (tertiary/aromatic N) is 3. The molecule has 0 fully saturated rings. The third-order valence-corrected chi connectivity index (χ3v) is 3.43. The first-order valence-corrected chi connectivity index (χ1v) is 6.34. The summed E-state index contributed by atoms with van der Waals surface area (Å²) in [6.07, 6.45) is 1.95. The Balaban J connectivity index is 2.12. The van der Waals surface area contributed by atoms with Gasteiger partial charge in [0.05, 0.1) is 18.8 Å². The molecule has 0 aliphatic heterocycles. The Morgan fingerprint density at radius 3 is 2.85 bits per heavy atom. The van der Waals surface area contributed by atoms with Crippen LogP contribution in [0.5, 0.6) is 5.75 Å². The SMILES string of the molecule is COc1cc(C(C)n2ccc(C)n2)cc2onc(N)c12. The van der Waals surface area contributed by atoms with Crippen molar-refractivity contribution < 1.29 is 9.26 Å². The van der Waals surface area contributed by atoms with Crippen LogP contribution < -0.4 is 10.5 Å². The van der Waals surface area contributed by atoms with Crippen LogP contribution in [0.1, 0.15) is 24.2 Å². The molecule has 0 saturated heterocycles. The highest BCUT2D eigenvalue weighted by molar-refractivity contribution is 5.93. The topological polar surface area (TPSA) is 79.1 Å². The van der Waals surface area contributed by atoms with Crippen LogP contribution >= 0.6 is 0 Å². The predicted molar refractivity (Wildman–Crippen MR) is 75.8 cm³/mol. The molecule has 6 heteroatoms. The first-order valence-electron chi connectivity index (χ1n) is 6.34. The summed E-state index contributed by atoms with van der Waals surface area (Å²) in [6, 6.07) is 5.90. The Morgan fingerprint density at radius 2 is 2.20 bits per heavy atom. The van der Waals surface area contributed by atoms with E-state index >= 15 is 0 Å². The van der Waals surface area contributed by atoms with Crippen molar-refractivity contribution in [1.82, 2.24) is 14.9 Å². The third kappa shape index (κ3) is 1.89. The highest BCUT2D eigenvalue weighted by Gasteiger charge is 2.17. The molecule has 0 bridgehead atoms. The first-order chi connectivity index (χ1) is 9.60. The van der Waals surface area contributed by atoms with Gasteiger partial charge in [0, 0.05) is 6.20 Å². The lowest BCUT2D eigenvalue weighted by atomic mass is 10.1. The van der Waals surface area contributed by atoms with Gasteiger partial charge in [-0.3, -0.25) is 4.68 Å². The van der Waals surface area contributed by atoms with Crippen LogP contribution in [0.15, 0.2) is 28.9 Å². The third-order valence-electron chi connectivity index (χ3n) is 3.43. The Labute approximate surface area is 116 Å². The number of ether oxygens (including phenoxy) is 1. The highest BCUT2D eigenvalue weighted by atomic mass is 16.5. The van der Waals surface area contributed by atoms with E-state index in [4.69, 9.17) is 15.0 Å². The highest BCUT2D eigenvalue weighted by Crippen LogP contribution is 2.34. The van der Waals surface area contributed by atoms with E-state index in [0.29, 0.717) is 22.5 Å². The van der Waals surface area contributed by atoms with Gasteiger partial charge in [-0.25, -0.2) is 0 Å². The van der Waals surface area contributed by atoms with E-state index in [1.807, 2.05) is 36.0 Å². The second-order valence-corrected chi connectivity index (χ2v) is 4.78. The molecule has 0 aliphatic rings. The number of nitrogens with two attached hydrogens (primary N) is 1. The van der Waals surface area contributed by atoms with E-state index in [0.717, 1.165) is 11.3 Å². The van der Waals surface area contributed by atoms with E-state index in [1.165, 1.54) is 0 Å². The average Bonchev–Trinajstić information content (AvgIpc) is 3.04. The van der Waals surface area contributed by atoms with Gasteiger partial charge < -0.3 is 15.0 Å². The van der Waals surface area contributed by atoms with Gasteiger partial charge in [-0.2, -0.15) is 5.10 Å². The number of hydrogen-bond acceptors (Lipinski definition) is 5. The molecule has 1 unspecified atom stereocenters. The van der Waals surface area contributed by atoms with Crippen molar-refractivity contribution in [3.8, 4) is 5.75 Å². The molecule has 1 aromatic carbocycles. The smallest absolute Gasteiger partial charge is 0.178 e. The zero-order valence-corrected chi connectivity index (χ0v) is 11.6. The Bertz CT molecular complexity index is 760. The maximum atomic E-state index is 5.79. The van der Waals surface area contributed by atoms with Gasteiger partial charge in [0.2, 0.25) is 0 Å². The van der Waals surface area contributed by atoms with Gasteiger partial charge in [-0.1, -0.05) is 5.16 Å². The van der Waals surface area contributed by atoms with Crippen molar-refractivity contribution in [1.29, 1.82) is 0 Å². The van der Waals surface area contributed by atoms with E-state index in [9.17, 15) is 0 Å². The number of hydrogen-bond donors (Lipinski definition) is 1. The lowest BCUT2D eigenvalue weighted by Crippen LogP contribution is -2.07. The van der Waals surface area contributed by atoms with Crippen LogP contribution in [0.4, 0.5) is 5.82 Å². The summed E-state index contributed by atoms with van der Waals surface area (Å²) in [5.41, 5.74) is 8.41. The second-order valence-electron chi connectivity index (χ2n) is 4.78. The zero-order chi connectivity index (χ0) is 14.3. The van der Waals surface area contributed by atoms with Gasteiger partial charge >= 0.3 is 0 Å². The summed E-state index contributed by atoms with van der Waals surface area (Å²) >= 11 is 0. The van der Waals surface area contributed by atoms with Gasteiger partial charge in [0.25, 0.3) is 0 Å². The molecule has 104 valence electrons. The molecular formula is C14H16N4O2. The number of nitrogen functional groups attached to an aromatic ring is 1. The molecule has 3 rings (SSSR count). The van der Waals surface area contributed by atoms with E-state index in [1.54, 1.807) is 7.11 Å². The van der Waals surface area contributed by atoms with Gasteiger partial charge in [-0.05, 0) is 37.6 Å². The monoisotopic (exact) mass is 272 g/mol. The largest absolute Gasteiger partial charge is 0.496 e. The number of aryl methyl sites for hydroxylation is 1. The fraction of sp³-hybridized carbons (Fsp3) is 0.286. The first kappa shape index (κ1) is 12.5. The number of methoxy groups -OCH3 is 1. The van der Waals surface area contributed by atoms with Crippen molar-refractivity contribution in [3.63, 3.8) is 0 Å².